The first kappa shape index (κ1) is 9.61. The summed E-state index contributed by atoms with van der Waals surface area (Å²) in [7, 11) is 0. The average molecular weight is 197 g/mol. The molecule has 0 aromatic rings. The molecule has 78 valence electrons. The highest BCUT2D eigenvalue weighted by molar-refractivity contribution is 5.81. The summed E-state index contributed by atoms with van der Waals surface area (Å²) in [6.07, 6.45) is 3.19. The Morgan fingerprint density at radius 1 is 1.43 bits per heavy atom. The second kappa shape index (κ2) is 3.67. The second-order valence-corrected chi connectivity index (χ2v) is 3.99. The molecule has 0 aromatic heterocycles. The number of hydrazine groups is 1. The van der Waals surface area contributed by atoms with Crippen LogP contribution in [0.15, 0.2) is 0 Å². The highest BCUT2D eigenvalue weighted by Gasteiger charge is 2.42. The first-order valence-electron chi connectivity index (χ1n) is 4.98. The van der Waals surface area contributed by atoms with Gasteiger partial charge in [0.25, 0.3) is 0 Å². The van der Waals surface area contributed by atoms with Crippen LogP contribution in [0.1, 0.15) is 19.3 Å². The zero-order valence-corrected chi connectivity index (χ0v) is 8.08. The summed E-state index contributed by atoms with van der Waals surface area (Å²) in [5.41, 5.74) is 3.09. The van der Waals surface area contributed by atoms with E-state index in [9.17, 15) is 9.59 Å². The molecule has 5 heteroatoms. The molecule has 14 heavy (non-hydrogen) atoms. The van der Waals surface area contributed by atoms with Crippen LogP contribution >= 0.6 is 0 Å². The van der Waals surface area contributed by atoms with Gasteiger partial charge < -0.3 is 10.1 Å². The Balaban J connectivity index is 2.02. The van der Waals surface area contributed by atoms with Crippen LogP contribution in [0.2, 0.25) is 0 Å². The number of nitrogens with zero attached hydrogens (tertiary/aromatic N) is 1. The molecule has 2 aliphatic heterocycles. The van der Waals surface area contributed by atoms with Crippen LogP contribution in [0.4, 0.5) is 0 Å². The third kappa shape index (κ3) is 1.65. The molecule has 0 unspecified atom stereocenters. The molecular formula is C9H15N3O2. The van der Waals surface area contributed by atoms with Gasteiger partial charge in [-0.1, -0.05) is 0 Å². The topological polar surface area (TPSA) is 61.4 Å². The molecule has 2 aliphatic rings. The smallest absolute Gasteiger partial charge is 0.239 e. The monoisotopic (exact) mass is 197 g/mol. The summed E-state index contributed by atoms with van der Waals surface area (Å²) in [5, 5.41) is 4.70. The molecule has 1 spiro atoms. The number of carbonyl (C=O) groups excluding carboxylic acids is 2. The molecule has 0 atom stereocenters. The van der Waals surface area contributed by atoms with Gasteiger partial charge in [0.05, 0.1) is 6.54 Å². The van der Waals surface area contributed by atoms with Gasteiger partial charge in [-0.3, -0.25) is 9.80 Å². The number of amides is 1. The standard InChI is InChI=1S/C9H15N3O2/c13-6-5-12-8(14)7-9(11-12)1-3-10-4-2-9/h6,10-11H,1-5,7H2. The van der Waals surface area contributed by atoms with Crippen LogP contribution in [0.3, 0.4) is 0 Å². The van der Waals surface area contributed by atoms with E-state index in [4.69, 9.17) is 0 Å². The van der Waals surface area contributed by atoms with Crippen LogP contribution in [0, 0.1) is 0 Å². The fourth-order valence-electron chi connectivity index (χ4n) is 2.19. The van der Waals surface area contributed by atoms with Crippen LogP contribution in [-0.2, 0) is 9.59 Å². The van der Waals surface area contributed by atoms with Gasteiger partial charge in [0.2, 0.25) is 5.91 Å². The second-order valence-electron chi connectivity index (χ2n) is 3.99. The minimum atomic E-state index is -0.0780. The molecule has 2 saturated heterocycles. The molecule has 0 radical (unpaired) electrons. The van der Waals surface area contributed by atoms with Crippen molar-refractivity contribution < 1.29 is 9.59 Å². The average Bonchev–Trinajstić information content (AvgIpc) is 2.45. The van der Waals surface area contributed by atoms with E-state index in [1.807, 2.05) is 0 Å². The van der Waals surface area contributed by atoms with Gasteiger partial charge in [0.15, 0.2) is 0 Å². The third-order valence-corrected chi connectivity index (χ3v) is 2.98. The quantitative estimate of drug-likeness (QED) is 0.560. The lowest BCUT2D eigenvalue weighted by atomic mass is 9.87. The summed E-state index contributed by atoms with van der Waals surface area (Å²) in [4.78, 5) is 21.9. The lowest BCUT2D eigenvalue weighted by Crippen LogP contribution is -2.52. The lowest BCUT2D eigenvalue weighted by Gasteiger charge is -2.33. The van der Waals surface area contributed by atoms with Gasteiger partial charge in [-0.25, -0.2) is 5.43 Å². The summed E-state index contributed by atoms with van der Waals surface area (Å²) in [6.45, 7) is 2.04. The highest BCUT2D eigenvalue weighted by Crippen LogP contribution is 2.28. The van der Waals surface area contributed by atoms with Crippen LogP contribution in [0.5, 0.6) is 0 Å². The van der Waals surface area contributed by atoms with Crippen LogP contribution < -0.4 is 10.7 Å². The molecule has 0 saturated carbocycles. The van der Waals surface area contributed by atoms with E-state index in [0.717, 1.165) is 32.2 Å². The predicted octanol–water partition coefficient (Wildman–Crippen LogP) is -0.956. The maximum atomic E-state index is 11.5. The number of hydrogen-bond acceptors (Lipinski definition) is 4. The number of piperidine rings is 1. The Hall–Kier alpha value is -0.940. The Kier molecular flexibility index (Phi) is 2.52. The zero-order chi connectivity index (χ0) is 10.0. The van der Waals surface area contributed by atoms with Crippen molar-refractivity contribution in [1.29, 1.82) is 0 Å². The summed E-state index contributed by atoms with van der Waals surface area (Å²) >= 11 is 0. The summed E-state index contributed by atoms with van der Waals surface area (Å²) in [6, 6.07) is 0. The molecule has 2 N–H and O–H groups in total. The molecular weight excluding hydrogens is 182 g/mol. The van der Waals surface area contributed by atoms with Gasteiger partial charge >= 0.3 is 0 Å². The predicted molar refractivity (Wildman–Crippen MR) is 50.4 cm³/mol. The van der Waals surface area contributed by atoms with E-state index in [2.05, 4.69) is 10.7 Å². The number of carbonyl (C=O) groups is 2. The Bertz CT molecular complexity index is 248. The van der Waals surface area contributed by atoms with Crippen molar-refractivity contribution in [2.45, 2.75) is 24.8 Å². The fourth-order valence-corrected chi connectivity index (χ4v) is 2.19. The SMILES string of the molecule is O=CCN1NC2(CCNCC2)CC1=O. The number of rotatable bonds is 2. The van der Waals surface area contributed by atoms with Gasteiger partial charge in [-0.05, 0) is 25.9 Å². The van der Waals surface area contributed by atoms with E-state index in [1.54, 1.807) is 0 Å². The van der Waals surface area contributed by atoms with Crippen LogP contribution in [0.25, 0.3) is 0 Å². The maximum absolute atomic E-state index is 11.5. The molecule has 0 aliphatic carbocycles. The third-order valence-electron chi connectivity index (χ3n) is 2.98. The van der Waals surface area contributed by atoms with Crippen molar-refractivity contribution in [1.82, 2.24) is 15.8 Å². The summed E-state index contributed by atoms with van der Waals surface area (Å²) in [5.74, 6) is 0.0407. The first-order chi connectivity index (χ1) is 6.76. The van der Waals surface area contributed by atoms with Crippen molar-refractivity contribution in [3.63, 3.8) is 0 Å². The number of hydrogen-bond donors (Lipinski definition) is 2. The van der Waals surface area contributed by atoms with Crippen molar-refractivity contribution in [3.8, 4) is 0 Å². The van der Waals surface area contributed by atoms with Crippen molar-refractivity contribution >= 4 is 12.2 Å². The largest absolute Gasteiger partial charge is 0.317 e. The minimum absolute atomic E-state index is 0.0407. The maximum Gasteiger partial charge on any atom is 0.239 e. The van der Waals surface area contributed by atoms with E-state index in [-0.39, 0.29) is 18.0 Å². The first-order valence-corrected chi connectivity index (χ1v) is 4.98. The van der Waals surface area contributed by atoms with E-state index in [1.165, 1.54) is 5.01 Å². The minimum Gasteiger partial charge on any atom is -0.317 e. The molecule has 5 nitrogen and oxygen atoms in total. The molecule has 0 aromatic carbocycles. The van der Waals surface area contributed by atoms with E-state index in [0.29, 0.717) is 6.42 Å². The van der Waals surface area contributed by atoms with Gasteiger partial charge in [0, 0.05) is 12.0 Å². The van der Waals surface area contributed by atoms with E-state index >= 15 is 0 Å². The van der Waals surface area contributed by atoms with Gasteiger partial charge in [0.1, 0.15) is 6.29 Å². The van der Waals surface area contributed by atoms with Crippen molar-refractivity contribution in [3.05, 3.63) is 0 Å². The van der Waals surface area contributed by atoms with Crippen molar-refractivity contribution in [2.75, 3.05) is 19.6 Å². The normalized spacial score (nSPS) is 25.7. The molecule has 2 heterocycles. The van der Waals surface area contributed by atoms with Crippen molar-refractivity contribution in [2.24, 2.45) is 0 Å². The molecule has 2 rings (SSSR count). The lowest BCUT2D eigenvalue weighted by molar-refractivity contribution is -0.131. The Morgan fingerprint density at radius 3 is 2.79 bits per heavy atom. The van der Waals surface area contributed by atoms with E-state index < -0.39 is 0 Å². The Labute approximate surface area is 82.8 Å². The van der Waals surface area contributed by atoms with Gasteiger partial charge in [-0.15, -0.1) is 0 Å². The fraction of sp³-hybridized carbons (Fsp3) is 0.778. The molecule has 0 bridgehead atoms. The molecule has 2 fully saturated rings. The number of nitrogens with one attached hydrogen (secondary N) is 2. The highest BCUT2D eigenvalue weighted by atomic mass is 16.2. The number of aldehydes is 1. The zero-order valence-electron chi connectivity index (χ0n) is 8.08. The van der Waals surface area contributed by atoms with Crippen LogP contribution in [-0.4, -0.2) is 42.4 Å². The van der Waals surface area contributed by atoms with Gasteiger partial charge in [-0.2, -0.15) is 0 Å². The summed E-state index contributed by atoms with van der Waals surface area (Å²) < 4.78 is 0. The molecule has 1 amide bonds. The Morgan fingerprint density at radius 2 is 2.14 bits per heavy atom.